The number of hydrogen-bond acceptors (Lipinski definition) is 4. The van der Waals surface area contributed by atoms with Gasteiger partial charge in [0.2, 0.25) is 0 Å². The first-order valence-electron chi connectivity index (χ1n) is 5.99. The SMILES string of the molecule is Cc1nc(NCCC(C)C)c2ccncc2n1. The lowest BCUT2D eigenvalue weighted by Gasteiger charge is -2.10. The zero-order valence-corrected chi connectivity index (χ0v) is 10.6. The summed E-state index contributed by atoms with van der Waals surface area (Å²) in [6.45, 7) is 7.27. The minimum absolute atomic E-state index is 0.693. The molecule has 0 saturated carbocycles. The molecule has 2 rings (SSSR count). The molecule has 4 heteroatoms. The van der Waals surface area contributed by atoms with E-state index in [-0.39, 0.29) is 0 Å². The molecule has 2 aromatic heterocycles. The van der Waals surface area contributed by atoms with Gasteiger partial charge in [-0.05, 0) is 25.3 Å². The second kappa shape index (κ2) is 5.08. The van der Waals surface area contributed by atoms with Gasteiger partial charge >= 0.3 is 0 Å². The summed E-state index contributed by atoms with van der Waals surface area (Å²) in [5, 5.41) is 4.42. The van der Waals surface area contributed by atoms with Gasteiger partial charge < -0.3 is 5.32 Å². The molecule has 0 amide bonds. The van der Waals surface area contributed by atoms with Crippen molar-refractivity contribution in [3.63, 3.8) is 0 Å². The van der Waals surface area contributed by atoms with Gasteiger partial charge in [-0.3, -0.25) is 4.98 Å². The fraction of sp³-hybridized carbons (Fsp3) is 0.462. The molecule has 0 aliphatic rings. The van der Waals surface area contributed by atoms with Gasteiger partial charge in [0.1, 0.15) is 11.6 Å². The van der Waals surface area contributed by atoms with Crippen LogP contribution in [0, 0.1) is 12.8 Å². The fourth-order valence-electron chi connectivity index (χ4n) is 1.71. The molecular weight excluding hydrogens is 212 g/mol. The molecule has 0 unspecified atom stereocenters. The molecule has 1 N–H and O–H groups in total. The summed E-state index contributed by atoms with van der Waals surface area (Å²) in [7, 11) is 0. The number of anilines is 1. The molecule has 2 heterocycles. The Bertz CT molecular complexity index is 508. The molecule has 4 nitrogen and oxygen atoms in total. The third-order valence-electron chi connectivity index (χ3n) is 2.63. The Kier molecular flexibility index (Phi) is 3.52. The van der Waals surface area contributed by atoms with Crippen molar-refractivity contribution in [3.05, 3.63) is 24.3 Å². The van der Waals surface area contributed by atoms with Crippen molar-refractivity contribution in [1.82, 2.24) is 15.0 Å². The van der Waals surface area contributed by atoms with Crippen molar-refractivity contribution in [2.75, 3.05) is 11.9 Å². The normalized spacial score (nSPS) is 11.1. The predicted octanol–water partition coefficient (Wildman–Crippen LogP) is 2.79. The van der Waals surface area contributed by atoms with Crippen molar-refractivity contribution in [1.29, 1.82) is 0 Å². The summed E-state index contributed by atoms with van der Waals surface area (Å²) in [6.07, 6.45) is 4.68. The van der Waals surface area contributed by atoms with Crippen LogP contribution in [0.15, 0.2) is 18.5 Å². The van der Waals surface area contributed by atoms with E-state index in [1.165, 1.54) is 0 Å². The average Bonchev–Trinajstić information content (AvgIpc) is 2.28. The maximum atomic E-state index is 4.45. The van der Waals surface area contributed by atoms with Crippen molar-refractivity contribution in [2.24, 2.45) is 5.92 Å². The second-order valence-corrected chi connectivity index (χ2v) is 4.62. The first kappa shape index (κ1) is 11.8. The van der Waals surface area contributed by atoms with Crippen LogP contribution >= 0.6 is 0 Å². The zero-order chi connectivity index (χ0) is 12.3. The Balaban J connectivity index is 2.26. The summed E-state index contributed by atoms with van der Waals surface area (Å²) in [6, 6.07) is 1.95. The van der Waals surface area contributed by atoms with Gasteiger partial charge in [0.15, 0.2) is 0 Å². The van der Waals surface area contributed by atoms with Crippen molar-refractivity contribution >= 4 is 16.7 Å². The molecule has 90 valence electrons. The van der Waals surface area contributed by atoms with Gasteiger partial charge in [-0.1, -0.05) is 13.8 Å². The molecule has 17 heavy (non-hydrogen) atoms. The van der Waals surface area contributed by atoms with E-state index in [0.717, 1.165) is 35.5 Å². The number of aryl methyl sites for hydroxylation is 1. The lowest BCUT2D eigenvalue weighted by Crippen LogP contribution is -2.08. The monoisotopic (exact) mass is 230 g/mol. The van der Waals surface area contributed by atoms with E-state index in [0.29, 0.717) is 5.92 Å². The molecule has 0 saturated heterocycles. The minimum Gasteiger partial charge on any atom is -0.369 e. The van der Waals surface area contributed by atoms with E-state index in [9.17, 15) is 0 Å². The Morgan fingerprint density at radius 2 is 2.12 bits per heavy atom. The summed E-state index contributed by atoms with van der Waals surface area (Å²) >= 11 is 0. The fourth-order valence-corrected chi connectivity index (χ4v) is 1.71. The first-order valence-corrected chi connectivity index (χ1v) is 5.99. The van der Waals surface area contributed by atoms with Crippen LogP contribution in [0.1, 0.15) is 26.1 Å². The number of aromatic nitrogens is 3. The lowest BCUT2D eigenvalue weighted by molar-refractivity contribution is 0.607. The van der Waals surface area contributed by atoms with Crippen molar-refractivity contribution in [3.8, 4) is 0 Å². The van der Waals surface area contributed by atoms with E-state index < -0.39 is 0 Å². The summed E-state index contributed by atoms with van der Waals surface area (Å²) in [5.74, 6) is 2.38. The standard InChI is InChI=1S/C13H18N4/c1-9(2)4-7-15-13-11-5-6-14-8-12(11)16-10(3)17-13/h5-6,8-9H,4,7H2,1-3H3,(H,15,16,17). The van der Waals surface area contributed by atoms with Crippen molar-refractivity contribution in [2.45, 2.75) is 27.2 Å². The Morgan fingerprint density at radius 3 is 2.88 bits per heavy atom. The maximum absolute atomic E-state index is 4.45. The van der Waals surface area contributed by atoms with E-state index in [2.05, 4.69) is 34.1 Å². The number of fused-ring (bicyclic) bond motifs is 1. The quantitative estimate of drug-likeness (QED) is 0.877. The van der Waals surface area contributed by atoms with Crippen LogP contribution < -0.4 is 5.32 Å². The average molecular weight is 230 g/mol. The van der Waals surface area contributed by atoms with Gasteiger partial charge in [0.25, 0.3) is 0 Å². The molecule has 0 aliphatic carbocycles. The topological polar surface area (TPSA) is 50.7 Å². The van der Waals surface area contributed by atoms with Crippen LogP contribution in [0.25, 0.3) is 10.9 Å². The molecule has 0 atom stereocenters. The van der Waals surface area contributed by atoms with Crippen LogP contribution in [0.4, 0.5) is 5.82 Å². The zero-order valence-electron chi connectivity index (χ0n) is 10.6. The summed E-state index contributed by atoms with van der Waals surface area (Å²) < 4.78 is 0. The number of nitrogens with zero attached hydrogens (tertiary/aromatic N) is 3. The minimum atomic E-state index is 0.693. The first-order chi connectivity index (χ1) is 8.16. The van der Waals surface area contributed by atoms with E-state index in [1.807, 2.05) is 13.0 Å². The highest BCUT2D eigenvalue weighted by Gasteiger charge is 2.05. The van der Waals surface area contributed by atoms with Gasteiger partial charge in [0, 0.05) is 18.1 Å². The van der Waals surface area contributed by atoms with E-state index >= 15 is 0 Å². The van der Waals surface area contributed by atoms with Crippen LogP contribution in [-0.2, 0) is 0 Å². The number of hydrogen-bond donors (Lipinski definition) is 1. The molecule has 2 aromatic rings. The Labute approximate surface area is 102 Å². The molecular formula is C13H18N4. The number of rotatable bonds is 4. The predicted molar refractivity (Wildman–Crippen MR) is 70.0 cm³/mol. The molecule has 0 spiro atoms. The maximum Gasteiger partial charge on any atom is 0.137 e. The van der Waals surface area contributed by atoms with Crippen LogP contribution in [0.3, 0.4) is 0 Å². The third-order valence-corrected chi connectivity index (χ3v) is 2.63. The largest absolute Gasteiger partial charge is 0.369 e. The molecule has 0 fully saturated rings. The highest BCUT2D eigenvalue weighted by molar-refractivity contribution is 5.88. The summed E-state index contributed by atoms with van der Waals surface area (Å²) in [4.78, 5) is 12.9. The van der Waals surface area contributed by atoms with Crippen LogP contribution in [0.5, 0.6) is 0 Å². The molecule has 0 aromatic carbocycles. The second-order valence-electron chi connectivity index (χ2n) is 4.62. The molecule has 0 aliphatic heterocycles. The summed E-state index contributed by atoms with van der Waals surface area (Å²) in [5.41, 5.74) is 0.895. The van der Waals surface area contributed by atoms with Crippen LogP contribution in [-0.4, -0.2) is 21.5 Å². The van der Waals surface area contributed by atoms with E-state index in [1.54, 1.807) is 12.4 Å². The highest BCUT2D eigenvalue weighted by Crippen LogP contribution is 2.19. The van der Waals surface area contributed by atoms with E-state index in [4.69, 9.17) is 0 Å². The molecule has 0 radical (unpaired) electrons. The Morgan fingerprint density at radius 1 is 1.29 bits per heavy atom. The number of nitrogens with one attached hydrogen (secondary N) is 1. The lowest BCUT2D eigenvalue weighted by atomic mass is 10.1. The van der Waals surface area contributed by atoms with Gasteiger partial charge in [0.05, 0.1) is 11.7 Å². The van der Waals surface area contributed by atoms with Crippen molar-refractivity contribution < 1.29 is 0 Å². The Hall–Kier alpha value is -1.71. The van der Waals surface area contributed by atoms with Gasteiger partial charge in [-0.15, -0.1) is 0 Å². The smallest absolute Gasteiger partial charge is 0.137 e. The number of pyridine rings is 1. The highest BCUT2D eigenvalue weighted by atomic mass is 15.0. The molecule has 0 bridgehead atoms. The third kappa shape index (κ3) is 2.90. The van der Waals surface area contributed by atoms with Gasteiger partial charge in [-0.2, -0.15) is 0 Å². The van der Waals surface area contributed by atoms with Crippen LogP contribution in [0.2, 0.25) is 0 Å². The van der Waals surface area contributed by atoms with Gasteiger partial charge in [-0.25, -0.2) is 9.97 Å².